The van der Waals surface area contributed by atoms with Crippen molar-refractivity contribution >= 4 is 23.2 Å². The van der Waals surface area contributed by atoms with E-state index in [-0.39, 0.29) is 30.4 Å². The number of aromatic nitrogens is 2. The molecule has 0 spiro atoms. The third-order valence-electron chi connectivity index (χ3n) is 9.43. The van der Waals surface area contributed by atoms with Crippen molar-refractivity contribution in [2.24, 2.45) is 0 Å². The van der Waals surface area contributed by atoms with Gasteiger partial charge in [-0.1, -0.05) is 0 Å². The van der Waals surface area contributed by atoms with Gasteiger partial charge in [0.05, 0.1) is 37.5 Å². The Morgan fingerprint density at radius 3 is 2.45 bits per heavy atom. The molecule has 0 radical (unpaired) electrons. The molecule has 2 N–H and O–H groups in total. The number of nitrogens with zero attached hydrogens (tertiary/aromatic N) is 7. The zero-order valence-corrected chi connectivity index (χ0v) is 26.2. The van der Waals surface area contributed by atoms with Crippen molar-refractivity contribution in [3.05, 3.63) is 60.3 Å². The highest BCUT2D eigenvalue weighted by molar-refractivity contribution is 5.75. The van der Waals surface area contributed by atoms with Gasteiger partial charge in [-0.05, 0) is 55.0 Å². The number of amides is 2. The van der Waals surface area contributed by atoms with Gasteiger partial charge in [-0.25, -0.2) is 19.2 Å². The highest BCUT2D eigenvalue weighted by Crippen LogP contribution is 2.30. The van der Waals surface area contributed by atoms with Crippen molar-refractivity contribution in [2.45, 2.75) is 37.3 Å². The van der Waals surface area contributed by atoms with Crippen molar-refractivity contribution in [1.82, 2.24) is 24.7 Å². The average molecular weight is 643 g/mol. The first-order valence-electron chi connectivity index (χ1n) is 16.3. The van der Waals surface area contributed by atoms with E-state index < -0.39 is 18.4 Å². The molecule has 13 heteroatoms. The summed E-state index contributed by atoms with van der Waals surface area (Å²) in [4.78, 5) is 29.8. The number of nitriles is 1. The normalized spacial score (nSPS) is 23.7. The number of rotatable bonds is 7. The number of aliphatic hydroxyl groups is 1. The first kappa shape index (κ1) is 31.1. The summed E-state index contributed by atoms with van der Waals surface area (Å²) in [5.41, 5.74) is 2.97. The summed E-state index contributed by atoms with van der Waals surface area (Å²) in [6.45, 7) is 6.75. The Labute approximate surface area is 273 Å². The molecule has 0 aliphatic carbocycles. The van der Waals surface area contributed by atoms with Crippen LogP contribution in [-0.4, -0.2) is 126 Å². The molecule has 0 unspecified atom stereocenters. The van der Waals surface area contributed by atoms with Crippen molar-refractivity contribution in [3.63, 3.8) is 0 Å². The molecule has 4 fully saturated rings. The molecule has 47 heavy (non-hydrogen) atoms. The van der Waals surface area contributed by atoms with Crippen LogP contribution in [-0.2, 0) is 4.74 Å². The average Bonchev–Trinajstić information content (AvgIpc) is 3.51. The number of carbonyl (C=O) groups is 1. The zero-order chi connectivity index (χ0) is 32.3. The number of anilines is 3. The number of alkyl halides is 1. The second kappa shape index (κ2) is 13.7. The zero-order valence-electron chi connectivity index (χ0n) is 26.2. The molecule has 3 atom stereocenters. The van der Waals surface area contributed by atoms with E-state index >= 15 is 4.39 Å². The summed E-state index contributed by atoms with van der Waals surface area (Å²) in [6, 6.07) is 17.6. The highest BCUT2D eigenvalue weighted by atomic mass is 19.1. The number of urea groups is 1. The molecule has 1 aromatic heterocycles. The molecule has 3 aromatic rings. The van der Waals surface area contributed by atoms with Gasteiger partial charge in [-0.15, -0.1) is 0 Å². The molecule has 5 heterocycles. The van der Waals surface area contributed by atoms with Crippen molar-refractivity contribution in [2.75, 3.05) is 75.8 Å². The standard InChI is InChI=1S/C34H39FN8O4/c35-29-20-43(34(45)42-11-8-28(44)19-42)12-9-31(29)47-30-6-1-23(17-24(30)18-36)33-37-10-7-32(39-33)38-25-2-4-26(5-3-25)40-13-15-41(16-14-40)27-21-46-22-27/h1-7,10,17,27-29,31,44H,8-9,11-16,19-22H2,(H,37,38,39)/t28-,29+,31-/m0/s1. The fraction of sp³-hybridized carbons (Fsp3) is 0.471. The quantitative estimate of drug-likeness (QED) is 0.396. The molecule has 0 saturated carbocycles. The van der Waals surface area contributed by atoms with E-state index in [9.17, 15) is 15.2 Å². The van der Waals surface area contributed by atoms with Gasteiger partial charge in [0, 0.05) is 75.4 Å². The first-order chi connectivity index (χ1) is 22.9. The summed E-state index contributed by atoms with van der Waals surface area (Å²) < 4.78 is 26.5. The maximum Gasteiger partial charge on any atom is 0.320 e. The number of carbonyl (C=O) groups excluding carboxylic acids is 1. The van der Waals surface area contributed by atoms with E-state index in [0.717, 1.165) is 45.1 Å². The van der Waals surface area contributed by atoms with E-state index in [1.165, 1.54) is 10.6 Å². The predicted molar refractivity (Wildman–Crippen MR) is 173 cm³/mol. The Morgan fingerprint density at radius 1 is 1.00 bits per heavy atom. The van der Waals surface area contributed by atoms with Crippen LogP contribution < -0.4 is 15.0 Å². The number of aliphatic hydroxyl groups excluding tert-OH is 1. The van der Waals surface area contributed by atoms with Gasteiger partial charge >= 0.3 is 6.03 Å². The second-order valence-corrected chi connectivity index (χ2v) is 12.6. The van der Waals surface area contributed by atoms with Crippen LogP contribution in [0, 0.1) is 11.3 Å². The lowest BCUT2D eigenvalue weighted by molar-refractivity contribution is -0.0660. The van der Waals surface area contributed by atoms with Gasteiger partial charge in [0.1, 0.15) is 23.7 Å². The van der Waals surface area contributed by atoms with Crippen LogP contribution in [0.1, 0.15) is 18.4 Å². The summed E-state index contributed by atoms with van der Waals surface area (Å²) in [5.74, 6) is 1.33. The molecule has 2 amide bonds. The monoisotopic (exact) mass is 642 g/mol. The number of hydrogen-bond donors (Lipinski definition) is 2. The Balaban J connectivity index is 0.955. The van der Waals surface area contributed by atoms with Gasteiger partial charge in [0.2, 0.25) is 0 Å². The molecule has 4 saturated heterocycles. The van der Waals surface area contributed by atoms with Crippen LogP contribution in [0.15, 0.2) is 54.7 Å². The summed E-state index contributed by atoms with van der Waals surface area (Å²) >= 11 is 0. The number of nitrogens with one attached hydrogen (secondary N) is 1. The first-order valence-corrected chi connectivity index (χ1v) is 16.3. The van der Waals surface area contributed by atoms with E-state index in [1.807, 2.05) is 12.1 Å². The van der Waals surface area contributed by atoms with Gasteiger partial charge in [-0.3, -0.25) is 4.90 Å². The molecule has 4 aliphatic rings. The van der Waals surface area contributed by atoms with Gasteiger partial charge < -0.3 is 34.6 Å². The number of piperidine rings is 1. The molecular weight excluding hydrogens is 603 g/mol. The van der Waals surface area contributed by atoms with E-state index in [1.54, 1.807) is 35.4 Å². The minimum Gasteiger partial charge on any atom is -0.486 e. The molecule has 7 rings (SSSR count). The van der Waals surface area contributed by atoms with Crippen molar-refractivity contribution in [3.8, 4) is 23.2 Å². The van der Waals surface area contributed by atoms with Crippen LogP contribution in [0.4, 0.5) is 26.4 Å². The lowest BCUT2D eigenvalue weighted by Crippen LogP contribution is -2.56. The third-order valence-corrected chi connectivity index (χ3v) is 9.43. The highest BCUT2D eigenvalue weighted by Gasteiger charge is 2.37. The smallest absolute Gasteiger partial charge is 0.320 e. The van der Waals surface area contributed by atoms with Crippen molar-refractivity contribution in [1.29, 1.82) is 5.26 Å². The Kier molecular flexibility index (Phi) is 9.06. The van der Waals surface area contributed by atoms with Gasteiger partial charge in [0.25, 0.3) is 0 Å². The van der Waals surface area contributed by atoms with Crippen molar-refractivity contribution < 1.29 is 23.8 Å². The maximum atomic E-state index is 15.2. The lowest BCUT2D eigenvalue weighted by Gasteiger charge is -2.43. The molecule has 2 aromatic carbocycles. The largest absolute Gasteiger partial charge is 0.486 e. The number of benzene rings is 2. The van der Waals surface area contributed by atoms with Gasteiger partial charge in [-0.2, -0.15) is 5.26 Å². The second-order valence-electron chi connectivity index (χ2n) is 12.6. The minimum atomic E-state index is -1.41. The summed E-state index contributed by atoms with van der Waals surface area (Å²) in [5, 5.41) is 23.0. The lowest BCUT2D eigenvalue weighted by atomic mass is 10.1. The molecular formula is C34H39FN8O4. The predicted octanol–water partition coefficient (Wildman–Crippen LogP) is 3.26. The molecule has 12 nitrogen and oxygen atoms in total. The SMILES string of the molecule is N#Cc1cc(-c2nccc(Nc3ccc(N4CCN(C5COC5)CC4)cc3)n2)ccc1O[C@H]1CCN(C(=O)N2CC[C@H](O)C2)C[C@H]1F. The topological polar surface area (TPSA) is 130 Å². The van der Waals surface area contributed by atoms with E-state index in [4.69, 9.17) is 9.47 Å². The van der Waals surface area contributed by atoms with Crippen LogP contribution in [0.25, 0.3) is 11.4 Å². The summed E-state index contributed by atoms with van der Waals surface area (Å²) in [6.07, 6.45) is -0.242. The molecule has 0 bridgehead atoms. The van der Waals surface area contributed by atoms with Crippen LogP contribution in [0.3, 0.4) is 0 Å². The number of ether oxygens (including phenoxy) is 2. The fourth-order valence-electron chi connectivity index (χ4n) is 6.58. The minimum absolute atomic E-state index is 0.0972. The van der Waals surface area contributed by atoms with Crippen LogP contribution in [0.5, 0.6) is 5.75 Å². The Bertz CT molecular complexity index is 1610. The number of β-amino-alcohol motifs (C(OH)–C–C–N with tert-alkyl or cyclic N) is 1. The number of hydrogen-bond acceptors (Lipinski definition) is 10. The number of halogens is 1. The Morgan fingerprint density at radius 2 is 1.77 bits per heavy atom. The molecule has 246 valence electrons. The van der Waals surface area contributed by atoms with Crippen LogP contribution >= 0.6 is 0 Å². The third kappa shape index (κ3) is 6.95. The molecule has 4 aliphatic heterocycles. The van der Waals surface area contributed by atoms with E-state index in [0.29, 0.717) is 49.2 Å². The maximum absolute atomic E-state index is 15.2. The van der Waals surface area contributed by atoms with Gasteiger partial charge in [0.15, 0.2) is 12.0 Å². The van der Waals surface area contributed by atoms with E-state index in [2.05, 4.69) is 43.3 Å². The number of likely N-dealkylation sites (tertiary alicyclic amines) is 2. The summed E-state index contributed by atoms with van der Waals surface area (Å²) in [7, 11) is 0. The Hall–Kier alpha value is -4.51. The fourth-order valence-corrected chi connectivity index (χ4v) is 6.58. The van der Waals surface area contributed by atoms with Crippen LogP contribution in [0.2, 0.25) is 0 Å². The number of piperazine rings is 1.